The van der Waals surface area contributed by atoms with Gasteiger partial charge in [-0.3, -0.25) is 9.69 Å². The van der Waals surface area contributed by atoms with E-state index in [1.807, 2.05) is 12.1 Å². The summed E-state index contributed by atoms with van der Waals surface area (Å²) in [5, 5.41) is 3.01. The first-order chi connectivity index (χ1) is 9.65. The van der Waals surface area contributed by atoms with Gasteiger partial charge in [-0.15, -0.1) is 12.4 Å². The van der Waals surface area contributed by atoms with Crippen molar-refractivity contribution in [2.24, 2.45) is 5.73 Å². The number of nitrogens with zero attached hydrogens (tertiary/aromatic N) is 1. The fourth-order valence-corrected chi connectivity index (χ4v) is 2.60. The number of piperidine rings is 1. The molecule has 0 saturated carbocycles. The fraction of sp³-hybridized carbons (Fsp3) is 0.562. The normalized spacial score (nSPS) is 16.3. The highest BCUT2D eigenvalue weighted by Crippen LogP contribution is 2.08. The van der Waals surface area contributed by atoms with Gasteiger partial charge in [-0.1, -0.05) is 24.3 Å². The van der Waals surface area contributed by atoms with Gasteiger partial charge in [0.25, 0.3) is 0 Å². The number of carbonyl (C=O) groups is 1. The largest absolute Gasteiger partial charge is 0.355 e. The number of aryl methyl sites for hydroxylation is 1. The molecule has 0 atom stereocenters. The minimum Gasteiger partial charge on any atom is -0.355 e. The van der Waals surface area contributed by atoms with Gasteiger partial charge >= 0.3 is 0 Å². The first-order valence-electron chi connectivity index (χ1n) is 7.44. The van der Waals surface area contributed by atoms with E-state index in [0.29, 0.717) is 19.1 Å². The van der Waals surface area contributed by atoms with Crippen LogP contribution in [0, 0.1) is 6.92 Å². The fourth-order valence-electron chi connectivity index (χ4n) is 2.60. The molecule has 1 heterocycles. The highest BCUT2D eigenvalue weighted by Gasteiger charge is 2.17. The van der Waals surface area contributed by atoms with Crippen molar-refractivity contribution in [3.8, 4) is 0 Å². The van der Waals surface area contributed by atoms with Gasteiger partial charge < -0.3 is 11.1 Å². The number of amides is 1. The van der Waals surface area contributed by atoms with Gasteiger partial charge in [0.1, 0.15) is 0 Å². The number of benzene rings is 1. The number of hydrogen-bond acceptors (Lipinski definition) is 3. The smallest absolute Gasteiger partial charge is 0.234 e. The van der Waals surface area contributed by atoms with E-state index in [1.165, 1.54) is 11.1 Å². The zero-order valence-electron chi connectivity index (χ0n) is 12.7. The molecule has 0 bridgehead atoms. The van der Waals surface area contributed by atoms with Crippen LogP contribution >= 0.6 is 12.4 Å². The van der Waals surface area contributed by atoms with E-state index in [-0.39, 0.29) is 18.3 Å². The third kappa shape index (κ3) is 6.04. The summed E-state index contributed by atoms with van der Waals surface area (Å²) in [6, 6.07) is 8.62. The van der Waals surface area contributed by atoms with Crippen molar-refractivity contribution in [1.82, 2.24) is 10.2 Å². The van der Waals surface area contributed by atoms with Crippen LogP contribution in [-0.4, -0.2) is 43.0 Å². The molecule has 1 amide bonds. The summed E-state index contributed by atoms with van der Waals surface area (Å²) in [5.74, 6) is 0.119. The Morgan fingerprint density at radius 1 is 1.33 bits per heavy atom. The van der Waals surface area contributed by atoms with Crippen molar-refractivity contribution < 1.29 is 4.79 Å². The molecule has 118 valence electrons. The third-order valence-electron chi connectivity index (χ3n) is 3.98. The van der Waals surface area contributed by atoms with Gasteiger partial charge in [0.15, 0.2) is 0 Å². The van der Waals surface area contributed by atoms with Gasteiger partial charge in [-0.25, -0.2) is 0 Å². The molecule has 0 spiro atoms. The molecule has 0 unspecified atom stereocenters. The predicted octanol–water partition coefficient (Wildman–Crippen LogP) is 1.50. The molecule has 1 aromatic carbocycles. The van der Waals surface area contributed by atoms with Gasteiger partial charge in [-0.05, 0) is 37.3 Å². The minimum atomic E-state index is 0. The Labute approximate surface area is 133 Å². The Hall–Kier alpha value is -1.10. The molecule has 1 aliphatic rings. The van der Waals surface area contributed by atoms with Crippen LogP contribution in [0.15, 0.2) is 24.3 Å². The van der Waals surface area contributed by atoms with Gasteiger partial charge in [0.2, 0.25) is 5.91 Å². The second-order valence-corrected chi connectivity index (χ2v) is 5.64. The Kier molecular flexibility index (Phi) is 7.72. The van der Waals surface area contributed by atoms with Crippen LogP contribution in [0.4, 0.5) is 0 Å². The Morgan fingerprint density at radius 2 is 2.00 bits per heavy atom. The maximum Gasteiger partial charge on any atom is 0.234 e. The molecule has 1 aliphatic heterocycles. The molecule has 4 nitrogen and oxygen atoms in total. The Bertz CT molecular complexity index is 445. The standard InChI is InChI=1S/C16H25N3O.ClH/c1-13-4-2-3-5-14(13)6-9-18-16(20)12-19-10-7-15(17)8-11-19;/h2-5,15H,6-12,17H2,1H3,(H,18,20);1H. The van der Waals surface area contributed by atoms with E-state index < -0.39 is 0 Å². The summed E-state index contributed by atoms with van der Waals surface area (Å²) >= 11 is 0. The van der Waals surface area contributed by atoms with Crippen LogP contribution in [0.3, 0.4) is 0 Å². The molecule has 0 aromatic heterocycles. The zero-order valence-corrected chi connectivity index (χ0v) is 13.5. The molecule has 1 fully saturated rings. The van der Waals surface area contributed by atoms with E-state index in [0.717, 1.165) is 32.4 Å². The first-order valence-corrected chi connectivity index (χ1v) is 7.44. The second-order valence-electron chi connectivity index (χ2n) is 5.64. The summed E-state index contributed by atoms with van der Waals surface area (Å²) in [5.41, 5.74) is 8.45. The van der Waals surface area contributed by atoms with Crippen LogP contribution in [0.25, 0.3) is 0 Å². The lowest BCUT2D eigenvalue weighted by molar-refractivity contribution is -0.122. The van der Waals surface area contributed by atoms with Crippen LogP contribution in [0.1, 0.15) is 24.0 Å². The number of nitrogens with one attached hydrogen (secondary N) is 1. The lowest BCUT2D eigenvalue weighted by atomic mass is 10.1. The summed E-state index contributed by atoms with van der Waals surface area (Å²) < 4.78 is 0. The monoisotopic (exact) mass is 311 g/mol. The van der Waals surface area contributed by atoms with Crippen molar-refractivity contribution in [1.29, 1.82) is 0 Å². The quantitative estimate of drug-likeness (QED) is 0.866. The van der Waals surface area contributed by atoms with Gasteiger partial charge in [0.05, 0.1) is 6.54 Å². The van der Waals surface area contributed by atoms with Crippen LogP contribution in [0.5, 0.6) is 0 Å². The lowest BCUT2D eigenvalue weighted by Gasteiger charge is -2.29. The average molecular weight is 312 g/mol. The van der Waals surface area contributed by atoms with E-state index in [1.54, 1.807) is 0 Å². The minimum absolute atomic E-state index is 0. The van der Waals surface area contributed by atoms with Crippen LogP contribution < -0.4 is 11.1 Å². The molecule has 5 heteroatoms. The molecule has 3 N–H and O–H groups in total. The van der Waals surface area contributed by atoms with Crippen molar-refractivity contribution in [3.63, 3.8) is 0 Å². The summed E-state index contributed by atoms with van der Waals surface area (Å²) in [6.07, 6.45) is 2.89. The van der Waals surface area contributed by atoms with Gasteiger partial charge in [0, 0.05) is 25.7 Å². The number of nitrogens with two attached hydrogens (primary N) is 1. The van der Waals surface area contributed by atoms with E-state index in [9.17, 15) is 4.79 Å². The van der Waals surface area contributed by atoms with Crippen molar-refractivity contribution in [2.75, 3.05) is 26.2 Å². The summed E-state index contributed by atoms with van der Waals surface area (Å²) in [7, 11) is 0. The molecule has 21 heavy (non-hydrogen) atoms. The maximum absolute atomic E-state index is 11.9. The number of hydrogen-bond donors (Lipinski definition) is 2. The first kappa shape index (κ1) is 18.0. The molecule has 0 aliphatic carbocycles. The van der Waals surface area contributed by atoms with E-state index in [4.69, 9.17) is 5.73 Å². The average Bonchev–Trinajstić information content (AvgIpc) is 2.43. The van der Waals surface area contributed by atoms with Crippen molar-refractivity contribution in [2.45, 2.75) is 32.2 Å². The van der Waals surface area contributed by atoms with Crippen molar-refractivity contribution >= 4 is 18.3 Å². The molecule has 2 rings (SSSR count). The van der Waals surface area contributed by atoms with Gasteiger partial charge in [-0.2, -0.15) is 0 Å². The third-order valence-corrected chi connectivity index (χ3v) is 3.98. The lowest BCUT2D eigenvalue weighted by Crippen LogP contribution is -2.44. The number of halogens is 1. The predicted molar refractivity (Wildman–Crippen MR) is 88.8 cm³/mol. The van der Waals surface area contributed by atoms with E-state index >= 15 is 0 Å². The molecule has 0 radical (unpaired) electrons. The SMILES string of the molecule is Cc1ccccc1CCNC(=O)CN1CCC(N)CC1.Cl. The Morgan fingerprint density at radius 3 is 2.67 bits per heavy atom. The summed E-state index contributed by atoms with van der Waals surface area (Å²) in [4.78, 5) is 14.1. The highest BCUT2D eigenvalue weighted by atomic mass is 35.5. The van der Waals surface area contributed by atoms with Crippen LogP contribution in [-0.2, 0) is 11.2 Å². The van der Waals surface area contributed by atoms with E-state index in [2.05, 4.69) is 29.3 Å². The zero-order chi connectivity index (χ0) is 14.4. The topological polar surface area (TPSA) is 58.4 Å². The molecule has 1 saturated heterocycles. The molecule has 1 aromatic rings. The second kappa shape index (κ2) is 9.03. The number of likely N-dealkylation sites (tertiary alicyclic amines) is 1. The van der Waals surface area contributed by atoms with Crippen LogP contribution in [0.2, 0.25) is 0 Å². The van der Waals surface area contributed by atoms with Crippen molar-refractivity contribution in [3.05, 3.63) is 35.4 Å². The number of rotatable bonds is 5. The number of carbonyl (C=O) groups excluding carboxylic acids is 1. The molecular formula is C16H26ClN3O. The Balaban J connectivity index is 0.00000220. The summed E-state index contributed by atoms with van der Waals surface area (Å²) in [6.45, 7) is 5.18. The highest BCUT2D eigenvalue weighted by molar-refractivity contribution is 5.85. The maximum atomic E-state index is 11.9. The molecular weight excluding hydrogens is 286 g/mol.